The van der Waals surface area contributed by atoms with Crippen molar-refractivity contribution in [2.45, 2.75) is 31.8 Å². The van der Waals surface area contributed by atoms with E-state index in [-0.39, 0.29) is 30.8 Å². The van der Waals surface area contributed by atoms with E-state index in [9.17, 15) is 14.7 Å². The first-order valence-corrected chi connectivity index (χ1v) is 14.5. The lowest BCUT2D eigenvalue weighted by atomic mass is 9.92. The molecule has 0 unspecified atom stereocenters. The molecule has 1 N–H and O–H groups in total. The molecule has 1 saturated heterocycles. The maximum absolute atomic E-state index is 13.8. The minimum absolute atomic E-state index is 0.0340. The normalized spacial score (nSPS) is 21.1. The Morgan fingerprint density at radius 2 is 1.37 bits per heavy atom. The van der Waals surface area contributed by atoms with Crippen LogP contribution in [0.4, 0.5) is 0 Å². The van der Waals surface area contributed by atoms with Crippen molar-refractivity contribution >= 4 is 11.9 Å². The monoisotopic (exact) mass is 599 g/mol. The molecule has 2 aromatic rings. The van der Waals surface area contributed by atoms with Crippen molar-refractivity contribution in [3.63, 3.8) is 0 Å². The first-order chi connectivity index (χ1) is 21.1. The van der Waals surface area contributed by atoms with Gasteiger partial charge in [-0.2, -0.15) is 0 Å². The van der Waals surface area contributed by atoms with E-state index in [0.717, 1.165) is 16.7 Å². The highest BCUT2D eigenvalue weighted by Crippen LogP contribution is 2.33. The number of hydrogen-bond donors (Lipinski definition) is 1. The van der Waals surface area contributed by atoms with Crippen molar-refractivity contribution in [3.8, 4) is 0 Å². The van der Waals surface area contributed by atoms with Crippen LogP contribution in [0.5, 0.6) is 0 Å². The molecule has 43 heavy (non-hydrogen) atoms. The molecule has 0 spiro atoms. The number of amides is 1. The highest BCUT2D eigenvalue weighted by molar-refractivity contribution is 5.92. The van der Waals surface area contributed by atoms with E-state index in [1.165, 1.54) is 7.11 Å². The van der Waals surface area contributed by atoms with Gasteiger partial charge in [0.05, 0.1) is 78.7 Å². The second-order valence-electron chi connectivity index (χ2n) is 10.1. The van der Waals surface area contributed by atoms with Crippen LogP contribution in [0.3, 0.4) is 0 Å². The molecule has 2 aromatic carbocycles. The molecule has 2 atom stereocenters. The summed E-state index contributed by atoms with van der Waals surface area (Å²) in [6, 6.07) is 14.6. The molecule has 0 saturated carbocycles. The number of carbonyl (C=O) groups is 2. The lowest BCUT2D eigenvalue weighted by Gasteiger charge is -2.32. The standard InChI is InChI=1S/C32H41NO10/c1-37-32(36)27-8-6-26(7-9-27)28-20-29(43-30(21-28)42-23-25-4-2-24(22-34)3-5-25)31(35)33-10-12-38-14-16-40-18-19-41-17-15-39-13-11-33/h2-9,20,28,30,34H,10-19,21-23H2,1H3/t28-,30+/m1/s1. The number of benzene rings is 2. The van der Waals surface area contributed by atoms with Gasteiger partial charge in [0.25, 0.3) is 5.91 Å². The van der Waals surface area contributed by atoms with Crippen molar-refractivity contribution in [3.05, 3.63) is 82.6 Å². The maximum Gasteiger partial charge on any atom is 0.337 e. The number of aliphatic hydroxyl groups excluding tert-OH is 1. The van der Waals surface area contributed by atoms with E-state index in [4.69, 9.17) is 33.2 Å². The van der Waals surface area contributed by atoms with E-state index in [0.29, 0.717) is 77.9 Å². The van der Waals surface area contributed by atoms with Gasteiger partial charge in [-0.25, -0.2) is 4.79 Å². The Balaban J connectivity index is 1.50. The van der Waals surface area contributed by atoms with Gasteiger partial charge >= 0.3 is 5.97 Å². The number of methoxy groups -OCH3 is 1. The zero-order chi connectivity index (χ0) is 30.3. The van der Waals surface area contributed by atoms with Gasteiger partial charge in [0, 0.05) is 25.4 Å². The van der Waals surface area contributed by atoms with Crippen LogP contribution in [0.2, 0.25) is 0 Å². The van der Waals surface area contributed by atoms with E-state index >= 15 is 0 Å². The first-order valence-electron chi connectivity index (χ1n) is 14.5. The number of esters is 1. The van der Waals surface area contributed by atoms with Crippen LogP contribution in [0, 0.1) is 0 Å². The molecular formula is C32H41NO10. The fourth-order valence-corrected chi connectivity index (χ4v) is 4.64. The summed E-state index contributed by atoms with van der Waals surface area (Å²) in [6.45, 7) is 4.29. The average Bonchev–Trinajstić information content (AvgIpc) is 3.06. The van der Waals surface area contributed by atoms with Crippen molar-refractivity contribution in [2.75, 3.05) is 73.1 Å². The number of hydrogen-bond acceptors (Lipinski definition) is 10. The highest BCUT2D eigenvalue weighted by atomic mass is 16.7. The molecular weight excluding hydrogens is 558 g/mol. The van der Waals surface area contributed by atoms with Crippen LogP contribution >= 0.6 is 0 Å². The van der Waals surface area contributed by atoms with Crippen LogP contribution in [0.1, 0.15) is 39.4 Å². The molecule has 2 aliphatic rings. The largest absolute Gasteiger partial charge is 0.465 e. The predicted octanol–water partition coefficient (Wildman–Crippen LogP) is 2.80. The number of nitrogens with zero attached hydrogens (tertiary/aromatic N) is 1. The number of carbonyl (C=O) groups excluding carboxylic acids is 2. The molecule has 0 aliphatic carbocycles. The third kappa shape index (κ3) is 10.4. The zero-order valence-corrected chi connectivity index (χ0v) is 24.6. The molecule has 2 heterocycles. The SMILES string of the molecule is COC(=O)c1ccc([C@@H]2C=C(C(=O)N3CCOCCOCCOCCOCC3)O[C@H](OCc3ccc(CO)cc3)C2)cc1. The lowest BCUT2D eigenvalue weighted by molar-refractivity contribution is -0.156. The van der Waals surface area contributed by atoms with Crippen molar-refractivity contribution in [1.82, 2.24) is 4.90 Å². The predicted molar refractivity (Wildman–Crippen MR) is 155 cm³/mol. The third-order valence-corrected chi connectivity index (χ3v) is 7.08. The Morgan fingerprint density at radius 1 is 0.814 bits per heavy atom. The van der Waals surface area contributed by atoms with Gasteiger partial charge in [-0.15, -0.1) is 0 Å². The molecule has 234 valence electrons. The quantitative estimate of drug-likeness (QED) is 0.476. The van der Waals surface area contributed by atoms with Crippen molar-refractivity contribution < 1.29 is 47.9 Å². The smallest absolute Gasteiger partial charge is 0.337 e. The Bertz CT molecular complexity index is 1150. The summed E-state index contributed by atoms with van der Waals surface area (Å²) >= 11 is 0. The van der Waals surface area contributed by atoms with Gasteiger partial charge in [-0.1, -0.05) is 36.4 Å². The van der Waals surface area contributed by atoms with Crippen molar-refractivity contribution in [2.24, 2.45) is 0 Å². The minimum atomic E-state index is -0.697. The molecule has 0 bridgehead atoms. The summed E-state index contributed by atoms with van der Waals surface area (Å²) in [7, 11) is 1.34. The highest BCUT2D eigenvalue weighted by Gasteiger charge is 2.31. The molecule has 1 fully saturated rings. The molecule has 0 radical (unpaired) electrons. The van der Waals surface area contributed by atoms with Crippen LogP contribution in [0.15, 0.2) is 60.4 Å². The maximum atomic E-state index is 13.8. The van der Waals surface area contributed by atoms with Crippen LogP contribution in [-0.4, -0.2) is 101 Å². The second kappa shape index (κ2) is 17.7. The molecule has 1 amide bonds. The summed E-state index contributed by atoms with van der Waals surface area (Å²) < 4.78 is 39.5. The molecule has 2 aliphatic heterocycles. The third-order valence-electron chi connectivity index (χ3n) is 7.08. The zero-order valence-electron chi connectivity index (χ0n) is 24.6. The number of ether oxygens (including phenoxy) is 7. The molecule has 11 heteroatoms. The summed E-state index contributed by atoms with van der Waals surface area (Å²) in [5, 5.41) is 9.33. The van der Waals surface area contributed by atoms with E-state index < -0.39 is 12.3 Å². The summed E-state index contributed by atoms with van der Waals surface area (Å²) in [4.78, 5) is 27.4. The summed E-state index contributed by atoms with van der Waals surface area (Å²) in [5.74, 6) is -0.733. The Labute approximate surface area is 252 Å². The van der Waals surface area contributed by atoms with Gasteiger partial charge in [-0.05, 0) is 34.9 Å². The van der Waals surface area contributed by atoms with E-state index in [1.54, 1.807) is 17.0 Å². The first kappa shape index (κ1) is 32.6. The van der Waals surface area contributed by atoms with E-state index in [2.05, 4.69) is 0 Å². The van der Waals surface area contributed by atoms with Gasteiger partial charge in [0.1, 0.15) is 0 Å². The van der Waals surface area contributed by atoms with Crippen molar-refractivity contribution in [1.29, 1.82) is 0 Å². The second-order valence-corrected chi connectivity index (χ2v) is 10.1. The van der Waals surface area contributed by atoms with Gasteiger partial charge in [-0.3, -0.25) is 4.79 Å². The average molecular weight is 600 g/mol. The Morgan fingerprint density at radius 3 is 1.93 bits per heavy atom. The Kier molecular flexibility index (Phi) is 13.4. The van der Waals surface area contributed by atoms with Crippen LogP contribution in [-0.2, 0) is 51.2 Å². The number of allylic oxidation sites excluding steroid dienone is 1. The van der Waals surface area contributed by atoms with Gasteiger partial charge in [0.2, 0.25) is 6.29 Å². The summed E-state index contributed by atoms with van der Waals surface area (Å²) in [6.07, 6.45) is 1.58. The number of rotatable bonds is 7. The summed E-state index contributed by atoms with van der Waals surface area (Å²) in [5.41, 5.74) is 3.07. The molecule has 11 nitrogen and oxygen atoms in total. The topological polar surface area (TPSA) is 122 Å². The number of aliphatic hydroxyl groups is 1. The van der Waals surface area contributed by atoms with E-state index in [1.807, 2.05) is 42.5 Å². The fourth-order valence-electron chi connectivity index (χ4n) is 4.64. The minimum Gasteiger partial charge on any atom is -0.465 e. The van der Waals surface area contributed by atoms with Crippen LogP contribution < -0.4 is 0 Å². The van der Waals surface area contributed by atoms with Gasteiger partial charge in [0.15, 0.2) is 5.76 Å². The van der Waals surface area contributed by atoms with Gasteiger partial charge < -0.3 is 43.2 Å². The molecule has 0 aromatic heterocycles. The fraction of sp³-hybridized carbons (Fsp3) is 0.500. The van der Waals surface area contributed by atoms with Crippen LogP contribution in [0.25, 0.3) is 0 Å². The Hall–Kier alpha value is -3.32. The molecule has 4 rings (SSSR count). The lowest BCUT2D eigenvalue weighted by Crippen LogP contribution is -2.40.